The molecule has 0 aromatic heterocycles. The summed E-state index contributed by atoms with van der Waals surface area (Å²) in [4.78, 5) is 20.8. The van der Waals surface area contributed by atoms with Gasteiger partial charge in [-0.25, -0.2) is 0 Å². The second-order valence-corrected chi connectivity index (χ2v) is 6.60. The van der Waals surface area contributed by atoms with Crippen molar-refractivity contribution in [3.05, 3.63) is 0 Å². The van der Waals surface area contributed by atoms with E-state index in [9.17, 15) is 18.0 Å². The minimum Gasteiger partial charge on any atom is -0.465 e. The summed E-state index contributed by atoms with van der Waals surface area (Å²) < 4.78 is 31.9. The van der Waals surface area contributed by atoms with E-state index in [2.05, 4.69) is 9.47 Å². The smallest absolute Gasteiger partial charge is 0.302 e. The molecule has 2 unspecified atom stereocenters. The van der Waals surface area contributed by atoms with Crippen LogP contribution in [0.5, 0.6) is 0 Å². The molecule has 100 valence electrons. The normalized spacial score (nSPS) is 13.8. The first-order chi connectivity index (χ1) is 7.91. The first-order valence-corrected chi connectivity index (χ1v) is 7.86. The Bertz CT molecular complexity index is 285. The van der Waals surface area contributed by atoms with Gasteiger partial charge < -0.3 is 9.47 Å². The monoisotopic (exact) mass is 284 g/mol. The molecule has 0 amide bonds. The SMILES string of the molecule is CC(=O)OCCS(=O)CS(=O)CCOC(C)=O. The molecule has 0 aromatic rings. The van der Waals surface area contributed by atoms with Gasteiger partial charge in [-0.05, 0) is 0 Å². The molecular weight excluding hydrogens is 268 g/mol. The Morgan fingerprint density at radius 3 is 1.53 bits per heavy atom. The maximum Gasteiger partial charge on any atom is 0.302 e. The molecule has 0 saturated carbocycles. The van der Waals surface area contributed by atoms with Crippen LogP contribution in [0.1, 0.15) is 13.8 Å². The Labute approximate surface area is 105 Å². The molecule has 0 saturated heterocycles. The number of esters is 2. The fourth-order valence-corrected chi connectivity index (χ4v) is 3.48. The van der Waals surface area contributed by atoms with E-state index in [0.29, 0.717) is 0 Å². The van der Waals surface area contributed by atoms with E-state index in [-0.39, 0.29) is 29.8 Å². The van der Waals surface area contributed by atoms with Crippen LogP contribution in [0.25, 0.3) is 0 Å². The highest BCUT2D eigenvalue weighted by molar-refractivity contribution is 8.01. The van der Waals surface area contributed by atoms with Crippen molar-refractivity contribution < 1.29 is 27.5 Å². The molecule has 0 heterocycles. The number of rotatable bonds is 8. The van der Waals surface area contributed by atoms with Crippen molar-refractivity contribution in [3.8, 4) is 0 Å². The van der Waals surface area contributed by atoms with Crippen molar-refractivity contribution in [2.24, 2.45) is 0 Å². The summed E-state index contributed by atoms with van der Waals surface area (Å²) in [6.45, 7) is 2.65. The molecule has 0 aliphatic heterocycles. The van der Waals surface area contributed by atoms with Gasteiger partial charge in [0, 0.05) is 35.4 Å². The van der Waals surface area contributed by atoms with Crippen molar-refractivity contribution in [3.63, 3.8) is 0 Å². The quantitative estimate of drug-likeness (QED) is 0.562. The van der Waals surface area contributed by atoms with Gasteiger partial charge in [0.25, 0.3) is 0 Å². The average molecular weight is 284 g/mol. The Morgan fingerprint density at radius 1 is 0.882 bits per heavy atom. The van der Waals surface area contributed by atoms with Crippen molar-refractivity contribution in [1.82, 2.24) is 0 Å². The first kappa shape index (κ1) is 16.2. The lowest BCUT2D eigenvalue weighted by atomic mass is 10.8. The third-order valence-electron chi connectivity index (χ3n) is 1.50. The van der Waals surface area contributed by atoms with Crippen LogP contribution in [0.4, 0.5) is 0 Å². The third kappa shape index (κ3) is 11.5. The molecular formula is C9H16O6S2. The Morgan fingerprint density at radius 2 is 1.24 bits per heavy atom. The summed E-state index contributed by atoms with van der Waals surface area (Å²) in [6.07, 6.45) is 0. The highest BCUT2D eigenvalue weighted by Crippen LogP contribution is 1.92. The van der Waals surface area contributed by atoms with Crippen LogP contribution in [0.3, 0.4) is 0 Å². The van der Waals surface area contributed by atoms with E-state index in [1.807, 2.05) is 0 Å². The first-order valence-electron chi connectivity index (χ1n) is 4.88. The fourth-order valence-electron chi connectivity index (χ4n) is 0.821. The summed E-state index contributed by atoms with van der Waals surface area (Å²) >= 11 is 0. The van der Waals surface area contributed by atoms with Crippen LogP contribution in [0.15, 0.2) is 0 Å². The summed E-state index contributed by atoms with van der Waals surface area (Å²) in [6, 6.07) is 0. The van der Waals surface area contributed by atoms with Gasteiger partial charge in [-0.2, -0.15) is 0 Å². The molecule has 8 heteroatoms. The molecule has 0 aromatic carbocycles. The molecule has 17 heavy (non-hydrogen) atoms. The topological polar surface area (TPSA) is 86.7 Å². The molecule has 0 fully saturated rings. The van der Waals surface area contributed by atoms with Crippen LogP contribution < -0.4 is 0 Å². The predicted molar refractivity (Wildman–Crippen MR) is 64.2 cm³/mol. The largest absolute Gasteiger partial charge is 0.465 e. The average Bonchev–Trinajstić information content (AvgIpc) is 2.15. The van der Waals surface area contributed by atoms with Gasteiger partial charge in [0.15, 0.2) is 0 Å². The highest BCUT2D eigenvalue weighted by atomic mass is 32.2. The molecule has 2 atom stereocenters. The van der Waals surface area contributed by atoms with Crippen molar-refractivity contribution in [2.75, 3.05) is 29.8 Å². The van der Waals surface area contributed by atoms with Crippen LogP contribution in [0.2, 0.25) is 0 Å². The lowest BCUT2D eigenvalue weighted by Crippen LogP contribution is -2.17. The third-order valence-corrected chi connectivity index (χ3v) is 4.84. The van der Waals surface area contributed by atoms with E-state index < -0.39 is 33.5 Å². The van der Waals surface area contributed by atoms with Crippen LogP contribution >= 0.6 is 0 Å². The molecule has 0 bridgehead atoms. The second kappa shape index (κ2) is 9.29. The molecule has 0 aliphatic rings. The summed E-state index contributed by atoms with van der Waals surface area (Å²) in [5, 5.41) is 0.00251. The molecule has 0 rings (SSSR count). The Balaban J connectivity index is 3.62. The van der Waals surface area contributed by atoms with Gasteiger partial charge in [0.05, 0.1) is 16.6 Å². The standard InChI is InChI=1S/C9H16O6S2/c1-8(10)14-3-5-16(12)7-17(13)6-4-15-9(2)11/h3-7H2,1-2H3. The minimum atomic E-state index is -1.30. The number of ether oxygens (including phenoxy) is 2. The maximum atomic E-state index is 11.4. The number of carbonyl (C=O) groups is 2. The molecule has 0 N–H and O–H groups in total. The minimum absolute atomic E-state index is 0.00251. The zero-order valence-electron chi connectivity index (χ0n) is 9.80. The maximum absolute atomic E-state index is 11.4. The molecule has 6 nitrogen and oxygen atoms in total. The Kier molecular flexibility index (Phi) is 8.87. The van der Waals surface area contributed by atoms with Crippen LogP contribution in [-0.2, 0) is 40.7 Å². The highest BCUT2D eigenvalue weighted by Gasteiger charge is 2.08. The number of hydrogen-bond acceptors (Lipinski definition) is 6. The van der Waals surface area contributed by atoms with Crippen molar-refractivity contribution >= 4 is 33.5 Å². The predicted octanol–water partition coefficient (Wildman–Crippen LogP) is -0.433. The van der Waals surface area contributed by atoms with Crippen molar-refractivity contribution in [1.29, 1.82) is 0 Å². The van der Waals surface area contributed by atoms with Gasteiger partial charge in [-0.15, -0.1) is 0 Å². The molecule has 0 radical (unpaired) electrons. The van der Waals surface area contributed by atoms with E-state index in [1.54, 1.807) is 0 Å². The van der Waals surface area contributed by atoms with Gasteiger partial charge in [-0.1, -0.05) is 0 Å². The van der Waals surface area contributed by atoms with Gasteiger partial charge in [0.2, 0.25) is 0 Å². The fraction of sp³-hybridized carbons (Fsp3) is 0.778. The van der Waals surface area contributed by atoms with E-state index in [4.69, 9.17) is 0 Å². The van der Waals surface area contributed by atoms with Gasteiger partial charge in [0.1, 0.15) is 13.2 Å². The van der Waals surface area contributed by atoms with Crippen LogP contribution in [-0.4, -0.2) is 50.2 Å². The number of carbonyl (C=O) groups excluding carboxylic acids is 2. The lowest BCUT2D eigenvalue weighted by Gasteiger charge is -2.04. The van der Waals surface area contributed by atoms with E-state index in [0.717, 1.165) is 0 Å². The Hall–Kier alpha value is -0.760. The summed E-state index contributed by atoms with van der Waals surface area (Å²) in [5.74, 6) is -0.534. The summed E-state index contributed by atoms with van der Waals surface area (Å²) in [7, 11) is -2.60. The van der Waals surface area contributed by atoms with Gasteiger partial charge in [-0.3, -0.25) is 18.0 Å². The summed E-state index contributed by atoms with van der Waals surface area (Å²) in [5.41, 5.74) is 0. The van der Waals surface area contributed by atoms with E-state index in [1.165, 1.54) is 13.8 Å². The zero-order chi connectivity index (χ0) is 13.3. The van der Waals surface area contributed by atoms with Gasteiger partial charge >= 0.3 is 11.9 Å². The zero-order valence-corrected chi connectivity index (χ0v) is 11.4. The lowest BCUT2D eigenvalue weighted by molar-refractivity contribution is -0.141. The van der Waals surface area contributed by atoms with Crippen molar-refractivity contribution in [2.45, 2.75) is 13.8 Å². The molecule has 0 spiro atoms. The number of hydrogen-bond donors (Lipinski definition) is 0. The second-order valence-electron chi connectivity index (χ2n) is 3.09. The van der Waals surface area contributed by atoms with E-state index >= 15 is 0 Å². The molecule has 0 aliphatic carbocycles. The van der Waals surface area contributed by atoms with Crippen LogP contribution in [0, 0.1) is 0 Å².